The van der Waals surface area contributed by atoms with Gasteiger partial charge in [-0.3, -0.25) is 4.79 Å². The van der Waals surface area contributed by atoms with E-state index in [-0.39, 0.29) is 18.4 Å². The van der Waals surface area contributed by atoms with Gasteiger partial charge in [0.2, 0.25) is 0 Å². The lowest BCUT2D eigenvalue weighted by Crippen LogP contribution is -2.32. The number of hydrogen-bond acceptors (Lipinski definition) is 1. The fourth-order valence-electron chi connectivity index (χ4n) is 2.63. The highest BCUT2D eigenvalue weighted by Gasteiger charge is 2.43. The van der Waals surface area contributed by atoms with Crippen LogP contribution in [0.15, 0.2) is 22.7 Å². The van der Waals surface area contributed by atoms with Crippen molar-refractivity contribution < 1.29 is 22.4 Å². The molecular formula is C14H13BrF4O. The summed E-state index contributed by atoms with van der Waals surface area (Å²) in [6, 6.07) is 3.92. The number of rotatable bonds is 2. The van der Waals surface area contributed by atoms with Gasteiger partial charge in [0.1, 0.15) is 5.82 Å². The van der Waals surface area contributed by atoms with Crippen LogP contribution in [0.5, 0.6) is 0 Å². The van der Waals surface area contributed by atoms with E-state index in [0.29, 0.717) is 17.3 Å². The standard InChI is InChI=1S/C14H13BrF4O/c15-10-4-5-12(16)11(7-10)13(20)8-2-1-3-9(6-8)14(17,18)19/h4-5,7-9H,1-3,6H2. The maximum absolute atomic E-state index is 13.6. The molecule has 1 saturated carbocycles. The van der Waals surface area contributed by atoms with Crippen molar-refractivity contribution >= 4 is 21.7 Å². The van der Waals surface area contributed by atoms with Crippen molar-refractivity contribution in [3.05, 3.63) is 34.1 Å². The highest BCUT2D eigenvalue weighted by molar-refractivity contribution is 9.10. The van der Waals surface area contributed by atoms with Gasteiger partial charge in [-0.25, -0.2) is 4.39 Å². The smallest absolute Gasteiger partial charge is 0.294 e. The summed E-state index contributed by atoms with van der Waals surface area (Å²) in [5.41, 5.74) is -0.132. The van der Waals surface area contributed by atoms with E-state index in [1.807, 2.05) is 0 Å². The Morgan fingerprint density at radius 2 is 1.95 bits per heavy atom. The van der Waals surface area contributed by atoms with Crippen LogP contribution in [-0.2, 0) is 0 Å². The molecule has 0 amide bonds. The van der Waals surface area contributed by atoms with E-state index >= 15 is 0 Å². The zero-order chi connectivity index (χ0) is 14.9. The Morgan fingerprint density at radius 3 is 2.60 bits per heavy atom. The van der Waals surface area contributed by atoms with Crippen molar-refractivity contribution in [3.8, 4) is 0 Å². The van der Waals surface area contributed by atoms with Gasteiger partial charge < -0.3 is 0 Å². The molecule has 1 fully saturated rings. The summed E-state index contributed by atoms with van der Waals surface area (Å²) < 4.78 is 52.4. The summed E-state index contributed by atoms with van der Waals surface area (Å²) in [5.74, 6) is -3.43. The molecule has 20 heavy (non-hydrogen) atoms. The Morgan fingerprint density at radius 1 is 1.25 bits per heavy atom. The van der Waals surface area contributed by atoms with Gasteiger partial charge in [0.05, 0.1) is 11.5 Å². The predicted molar refractivity (Wildman–Crippen MR) is 69.9 cm³/mol. The number of ketones is 1. The molecule has 0 aliphatic heterocycles. The fraction of sp³-hybridized carbons (Fsp3) is 0.500. The lowest BCUT2D eigenvalue weighted by molar-refractivity contribution is -0.184. The van der Waals surface area contributed by atoms with E-state index < -0.39 is 29.6 Å². The SMILES string of the molecule is O=C(c1cc(Br)ccc1F)C1CCCC(C(F)(F)F)C1. The second-order valence-electron chi connectivity index (χ2n) is 5.09. The van der Waals surface area contributed by atoms with Crippen LogP contribution in [0.3, 0.4) is 0 Å². The van der Waals surface area contributed by atoms with Crippen molar-refractivity contribution in [1.29, 1.82) is 0 Å². The Kier molecular flexibility index (Phi) is 4.52. The topological polar surface area (TPSA) is 17.1 Å². The first-order chi connectivity index (χ1) is 9.29. The highest BCUT2D eigenvalue weighted by atomic mass is 79.9. The summed E-state index contributed by atoms with van der Waals surface area (Å²) in [6.45, 7) is 0. The summed E-state index contributed by atoms with van der Waals surface area (Å²) in [5, 5.41) is 0. The van der Waals surface area contributed by atoms with E-state index in [0.717, 1.165) is 6.07 Å². The number of hydrogen-bond donors (Lipinski definition) is 0. The van der Waals surface area contributed by atoms with Crippen LogP contribution in [-0.4, -0.2) is 12.0 Å². The van der Waals surface area contributed by atoms with Crippen LogP contribution < -0.4 is 0 Å². The molecule has 0 spiro atoms. The molecule has 0 heterocycles. The fourth-order valence-corrected chi connectivity index (χ4v) is 2.99. The summed E-state index contributed by atoms with van der Waals surface area (Å²) in [7, 11) is 0. The molecule has 1 aromatic rings. The van der Waals surface area contributed by atoms with E-state index in [9.17, 15) is 22.4 Å². The zero-order valence-electron chi connectivity index (χ0n) is 10.5. The second kappa shape index (κ2) is 5.84. The summed E-state index contributed by atoms with van der Waals surface area (Å²) in [4.78, 5) is 12.2. The summed E-state index contributed by atoms with van der Waals surface area (Å²) >= 11 is 3.13. The lowest BCUT2D eigenvalue weighted by Gasteiger charge is -2.29. The zero-order valence-corrected chi connectivity index (χ0v) is 12.1. The van der Waals surface area contributed by atoms with Gasteiger partial charge in [-0.15, -0.1) is 0 Å². The van der Waals surface area contributed by atoms with Crippen LogP contribution in [0.2, 0.25) is 0 Å². The van der Waals surface area contributed by atoms with Gasteiger partial charge in [0, 0.05) is 10.4 Å². The minimum atomic E-state index is -4.28. The van der Waals surface area contributed by atoms with Crippen molar-refractivity contribution in [3.63, 3.8) is 0 Å². The van der Waals surface area contributed by atoms with Crippen LogP contribution in [0.1, 0.15) is 36.0 Å². The molecule has 1 nitrogen and oxygen atoms in total. The molecule has 1 aliphatic carbocycles. The van der Waals surface area contributed by atoms with Gasteiger partial charge in [0.15, 0.2) is 5.78 Å². The van der Waals surface area contributed by atoms with Gasteiger partial charge in [-0.1, -0.05) is 22.4 Å². The number of alkyl halides is 3. The highest BCUT2D eigenvalue weighted by Crippen LogP contribution is 2.41. The molecule has 0 N–H and O–H groups in total. The molecule has 0 saturated heterocycles. The van der Waals surface area contributed by atoms with Crippen LogP contribution in [0.4, 0.5) is 17.6 Å². The number of benzene rings is 1. The first-order valence-electron chi connectivity index (χ1n) is 6.35. The molecule has 0 bridgehead atoms. The van der Waals surface area contributed by atoms with Gasteiger partial charge in [0.25, 0.3) is 0 Å². The monoisotopic (exact) mass is 352 g/mol. The third-order valence-electron chi connectivity index (χ3n) is 3.70. The van der Waals surface area contributed by atoms with E-state index in [4.69, 9.17) is 0 Å². The summed E-state index contributed by atoms with van der Waals surface area (Å²) in [6.07, 6.45) is -3.75. The maximum Gasteiger partial charge on any atom is 0.391 e. The van der Waals surface area contributed by atoms with Gasteiger partial charge in [-0.2, -0.15) is 13.2 Å². The van der Waals surface area contributed by atoms with Gasteiger partial charge >= 0.3 is 6.18 Å². The molecule has 110 valence electrons. The second-order valence-corrected chi connectivity index (χ2v) is 6.01. The van der Waals surface area contributed by atoms with Crippen molar-refractivity contribution in [1.82, 2.24) is 0 Å². The third-order valence-corrected chi connectivity index (χ3v) is 4.20. The van der Waals surface area contributed by atoms with Crippen molar-refractivity contribution in [2.45, 2.75) is 31.9 Å². The largest absolute Gasteiger partial charge is 0.391 e. The Balaban J connectivity index is 2.18. The van der Waals surface area contributed by atoms with E-state index in [2.05, 4.69) is 15.9 Å². The van der Waals surface area contributed by atoms with Crippen LogP contribution in [0.25, 0.3) is 0 Å². The molecule has 1 aromatic carbocycles. The molecular weight excluding hydrogens is 340 g/mol. The Labute approximate surface area is 122 Å². The number of carbonyl (C=O) groups excluding carboxylic acids is 1. The first-order valence-corrected chi connectivity index (χ1v) is 7.14. The average Bonchev–Trinajstić information content (AvgIpc) is 2.40. The van der Waals surface area contributed by atoms with Crippen molar-refractivity contribution in [2.75, 3.05) is 0 Å². The van der Waals surface area contributed by atoms with E-state index in [1.165, 1.54) is 12.1 Å². The maximum atomic E-state index is 13.6. The Bertz CT molecular complexity index is 512. The minimum Gasteiger partial charge on any atom is -0.294 e. The number of halogens is 5. The normalized spacial score (nSPS) is 23.6. The predicted octanol–water partition coefficient (Wildman–Crippen LogP) is 5.14. The van der Waals surface area contributed by atoms with E-state index in [1.54, 1.807) is 0 Å². The molecule has 2 atom stereocenters. The van der Waals surface area contributed by atoms with Crippen LogP contribution in [0, 0.1) is 17.7 Å². The molecule has 2 unspecified atom stereocenters. The quantitative estimate of drug-likeness (QED) is 0.532. The third kappa shape index (κ3) is 3.40. The number of Topliss-reactive ketones (excluding diaryl/α,β-unsaturated/α-hetero) is 1. The van der Waals surface area contributed by atoms with Gasteiger partial charge in [-0.05, 0) is 37.5 Å². The Hall–Kier alpha value is -0.910. The molecule has 6 heteroatoms. The molecule has 0 aromatic heterocycles. The molecule has 2 rings (SSSR count). The van der Waals surface area contributed by atoms with Crippen molar-refractivity contribution in [2.24, 2.45) is 11.8 Å². The molecule has 1 aliphatic rings. The van der Waals surface area contributed by atoms with Crippen LogP contribution >= 0.6 is 15.9 Å². The average molecular weight is 353 g/mol. The first kappa shape index (κ1) is 15.5. The minimum absolute atomic E-state index is 0.0498. The molecule has 0 radical (unpaired) electrons. The lowest BCUT2D eigenvalue weighted by atomic mass is 9.77. The number of carbonyl (C=O) groups is 1.